The fraction of sp³-hybridized carbons (Fsp3) is 0.261. The smallest absolute Gasteiger partial charge is 0.275 e. The zero-order valence-corrected chi connectivity index (χ0v) is 18.2. The maximum Gasteiger partial charge on any atom is 0.275 e. The van der Waals surface area contributed by atoms with Crippen LogP contribution in [0.4, 0.5) is 23.0 Å². The van der Waals surface area contributed by atoms with Gasteiger partial charge in [-0.25, -0.2) is 10.1 Å². The minimum absolute atomic E-state index is 0.323. The second kappa shape index (κ2) is 9.21. The van der Waals surface area contributed by atoms with Crippen LogP contribution in [-0.4, -0.2) is 48.5 Å². The molecular formula is C23H25N7O3. The van der Waals surface area contributed by atoms with Gasteiger partial charge >= 0.3 is 0 Å². The van der Waals surface area contributed by atoms with Gasteiger partial charge < -0.3 is 30.0 Å². The van der Waals surface area contributed by atoms with Crippen LogP contribution in [-0.2, 0) is 6.54 Å². The number of methoxy groups -OCH3 is 1. The summed E-state index contributed by atoms with van der Waals surface area (Å²) in [4.78, 5) is 19.6. The van der Waals surface area contributed by atoms with Crippen LogP contribution < -0.4 is 31.1 Å². The Labute approximate surface area is 190 Å². The van der Waals surface area contributed by atoms with Gasteiger partial charge in [0.05, 0.1) is 37.2 Å². The Morgan fingerprint density at radius 3 is 2.88 bits per heavy atom. The van der Waals surface area contributed by atoms with Crippen LogP contribution in [0, 0.1) is 0 Å². The molecule has 1 aromatic carbocycles. The summed E-state index contributed by atoms with van der Waals surface area (Å²) >= 11 is 0. The second-order valence-electron chi connectivity index (χ2n) is 7.70. The lowest BCUT2D eigenvalue weighted by molar-refractivity contribution is 0.416. The number of furan rings is 1. The predicted molar refractivity (Wildman–Crippen MR) is 128 cm³/mol. The summed E-state index contributed by atoms with van der Waals surface area (Å²) in [5.41, 5.74) is 1.48. The third-order valence-electron chi connectivity index (χ3n) is 5.59. The van der Waals surface area contributed by atoms with E-state index in [2.05, 4.69) is 36.0 Å². The molecular weight excluding hydrogens is 422 g/mol. The first-order valence-corrected chi connectivity index (χ1v) is 10.8. The largest absolute Gasteiger partial charge is 0.494 e. The van der Waals surface area contributed by atoms with E-state index in [9.17, 15) is 4.79 Å². The van der Waals surface area contributed by atoms with Crippen LogP contribution in [0.25, 0.3) is 10.8 Å². The summed E-state index contributed by atoms with van der Waals surface area (Å²) in [6.07, 6.45) is 3.23. The molecule has 4 heterocycles. The zero-order valence-electron chi connectivity index (χ0n) is 18.2. The number of rotatable bonds is 7. The molecule has 1 aliphatic heterocycles. The highest BCUT2D eigenvalue weighted by Gasteiger charge is 2.16. The molecule has 170 valence electrons. The Morgan fingerprint density at radius 2 is 2.09 bits per heavy atom. The van der Waals surface area contributed by atoms with E-state index in [0.29, 0.717) is 40.4 Å². The van der Waals surface area contributed by atoms with E-state index in [1.165, 1.54) is 0 Å². The molecule has 4 aromatic rings. The van der Waals surface area contributed by atoms with Gasteiger partial charge in [-0.15, -0.1) is 0 Å². The second-order valence-corrected chi connectivity index (χ2v) is 7.70. The third-order valence-corrected chi connectivity index (χ3v) is 5.59. The molecule has 0 bridgehead atoms. The first-order chi connectivity index (χ1) is 16.2. The SMILES string of the molecule is COc1cc(N2CCNCC2)ccc1Nc1nc(NCc2ccco2)cc2cn[nH]c(=O)c12. The first-order valence-electron chi connectivity index (χ1n) is 10.8. The number of piperazine rings is 1. The van der Waals surface area contributed by atoms with E-state index in [-0.39, 0.29) is 5.56 Å². The van der Waals surface area contributed by atoms with Crippen molar-refractivity contribution in [2.75, 3.05) is 48.8 Å². The van der Waals surface area contributed by atoms with E-state index in [1.54, 1.807) is 25.6 Å². The van der Waals surface area contributed by atoms with Crippen LogP contribution in [0.15, 0.2) is 58.1 Å². The minimum atomic E-state index is -0.323. The van der Waals surface area contributed by atoms with Gasteiger partial charge in [0.15, 0.2) is 0 Å². The number of anilines is 4. The van der Waals surface area contributed by atoms with Gasteiger partial charge in [0, 0.05) is 43.3 Å². The number of nitrogens with one attached hydrogen (secondary N) is 4. The molecule has 10 heteroatoms. The van der Waals surface area contributed by atoms with Crippen molar-refractivity contribution in [1.82, 2.24) is 20.5 Å². The highest BCUT2D eigenvalue weighted by Crippen LogP contribution is 2.33. The predicted octanol–water partition coefficient (Wildman–Crippen LogP) is 2.68. The molecule has 1 saturated heterocycles. The molecule has 0 amide bonds. The number of hydrogen-bond donors (Lipinski definition) is 4. The van der Waals surface area contributed by atoms with Crippen LogP contribution in [0.1, 0.15) is 5.76 Å². The van der Waals surface area contributed by atoms with Gasteiger partial charge in [-0.05, 0) is 30.3 Å². The lowest BCUT2D eigenvalue weighted by atomic mass is 10.2. The highest BCUT2D eigenvalue weighted by molar-refractivity contribution is 5.94. The summed E-state index contributed by atoms with van der Waals surface area (Å²) in [7, 11) is 1.63. The van der Waals surface area contributed by atoms with E-state index in [4.69, 9.17) is 9.15 Å². The number of aromatic nitrogens is 3. The van der Waals surface area contributed by atoms with Gasteiger partial charge in [-0.3, -0.25) is 4.79 Å². The fourth-order valence-corrected chi connectivity index (χ4v) is 3.92. The maximum absolute atomic E-state index is 12.6. The monoisotopic (exact) mass is 447 g/mol. The van der Waals surface area contributed by atoms with Crippen molar-refractivity contribution in [3.8, 4) is 5.75 Å². The van der Waals surface area contributed by atoms with Gasteiger partial charge in [0.25, 0.3) is 5.56 Å². The lowest BCUT2D eigenvalue weighted by Crippen LogP contribution is -2.43. The molecule has 3 aromatic heterocycles. The molecule has 33 heavy (non-hydrogen) atoms. The van der Waals surface area contributed by atoms with Crippen LogP contribution >= 0.6 is 0 Å². The minimum Gasteiger partial charge on any atom is -0.494 e. The van der Waals surface area contributed by atoms with Gasteiger partial charge in [-0.2, -0.15) is 5.10 Å². The van der Waals surface area contributed by atoms with Crippen molar-refractivity contribution >= 4 is 33.8 Å². The van der Waals surface area contributed by atoms with E-state index in [0.717, 1.165) is 37.6 Å². The fourth-order valence-electron chi connectivity index (χ4n) is 3.92. The maximum atomic E-state index is 12.6. The topological polar surface area (TPSA) is 120 Å². The van der Waals surface area contributed by atoms with Crippen molar-refractivity contribution in [3.05, 3.63) is 65.0 Å². The zero-order chi connectivity index (χ0) is 22.6. The van der Waals surface area contributed by atoms with E-state index >= 15 is 0 Å². The third kappa shape index (κ3) is 4.46. The Balaban J connectivity index is 1.48. The van der Waals surface area contributed by atoms with Crippen LogP contribution in [0.3, 0.4) is 0 Å². The molecule has 1 fully saturated rings. The molecule has 0 aliphatic carbocycles. The number of fused-ring (bicyclic) bond motifs is 1. The molecule has 0 radical (unpaired) electrons. The molecule has 4 N–H and O–H groups in total. The van der Waals surface area contributed by atoms with Gasteiger partial charge in [0.2, 0.25) is 0 Å². The lowest BCUT2D eigenvalue weighted by Gasteiger charge is -2.30. The Morgan fingerprint density at radius 1 is 1.21 bits per heavy atom. The molecule has 0 unspecified atom stereocenters. The first kappa shape index (κ1) is 20.8. The van der Waals surface area contributed by atoms with Gasteiger partial charge in [-0.1, -0.05) is 0 Å². The quantitative estimate of drug-likeness (QED) is 0.339. The Bertz CT molecular complexity index is 1300. The molecule has 0 atom stereocenters. The Kier molecular flexibility index (Phi) is 5.81. The molecule has 0 saturated carbocycles. The van der Waals surface area contributed by atoms with E-state index in [1.807, 2.05) is 30.3 Å². The average Bonchev–Trinajstić information content (AvgIpc) is 3.37. The highest BCUT2D eigenvalue weighted by atomic mass is 16.5. The number of nitrogens with zero attached hydrogens (tertiary/aromatic N) is 3. The molecule has 0 spiro atoms. The molecule has 10 nitrogen and oxygen atoms in total. The van der Waals surface area contributed by atoms with Crippen molar-refractivity contribution in [2.24, 2.45) is 0 Å². The summed E-state index contributed by atoms with van der Waals surface area (Å²) in [5, 5.41) is 17.4. The van der Waals surface area contributed by atoms with E-state index < -0.39 is 0 Å². The Hall–Kier alpha value is -4.05. The van der Waals surface area contributed by atoms with Crippen LogP contribution in [0.5, 0.6) is 5.75 Å². The van der Waals surface area contributed by atoms with Crippen molar-refractivity contribution in [3.63, 3.8) is 0 Å². The number of pyridine rings is 1. The summed E-state index contributed by atoms with van der Waals surface area (Å²) in [5.74, 6) is 2.44. The molecule has 1 aliphatic rings. The van der Waals surface area contributed by atoms with Crippen LogP contribution in [0.2, 0.25) is 0 Å². The number of hydrogen-bond acceptors (Lipinski definition) is 9. The van der Waals surface area contributed by atoms with Crippen molar-refractivity contribution in [2.45, 2.75) is 6.54 Å². The molecule has 5 rings (SSSR count). The van der Waals surface area contributed by atoms with Crippen molar-refractivity contribution < 1.29 is 9.15 Å². The summed E-state index contributed by atoms with van der Waals surface area (Å²) in [6.45, 7) is 4.24. The number of ether oxygens (including phenoxy) is 1. The number of benzene rings is 1. The summed E-state index contributed by atoms with van der Waals surface area (Å²) < 4.78 is 11.0. The van der Waals surface area contributed by atoms with Gasteiger partial charge in [0.1, 0.15) is 23.1 Å². The number of aromatic amines is 1. The summed E-state index contributed by atoms with van der Waals surface area (Å²) in [6, 6.07) is 11.5. The standard InChI is InChI=1S/C23H25N7O3/c1-32-19-12-16(30-8-6-24-7-9-30)4-5-18(19)27-22-21-15(13-26-29-23(21)31)11-20(28-22)25-14-17-3-2-10-33-17/h2-5,10-13,24H,6-9,14H2,1H3,(H,29,31)(H2,25,27,28). The number of H-pyrrole nitrogens is 1. The average molecular weight is 447 g/mol. The van der Waals surface area contributed by atoms with Crippen molar-refractivity contribution in [1.29, 1.82) is 0 Å². The normalized spacial score (nSPS) is 13.8.